The Balaban J connectivity index is 1.88. The first kappa shape index (κ1) is 22.8. The summed E-state index contributed by atoms with van der Waals surface area (Å²) in [5.41, 5.74) is 3.20. The van der Waals surface area contributed by atoms with Gasteiger partial charge >= 0.3 is 5.97 Å². The van der Waals surface area contributed by atoms with Crippen LogP contribution in [-0.2, 0) is 16.6 Å². The number of ether oxygens (including phenoxy) is 1. The van der Waals surface area contributed by atoms with Gasteiger partial charge in [0.1, 0.15) is 5.69 Å². The quantitative estimate of drug-likeness (QED) is 0.447. The molecule has 1 aromatic heterocycles. The van der Waals surface area contributed by atoms with Crippen LogP contribution in [0.5, 0.6) is 0 Å². The Labute approximate surface area is 184 Å². The third-order valence-electron chi connectivity index (χ3n) is 6.17. The highest BCUT2D eigenvalue weighted by Gasteiger charge is 2.38. The SMILES string of the molecule is CCOC(=O)c1c(C)c(C(=O)CN(C(=O)C(CC)c2ccccc2)C2CC2)c(C)n1C. The molecule has 6 heteroatoms. The van der Waals surface area contributed by atoms with E-state index in [2.05, 4.69) is 0 Å². The maximum absolute atomic E-state index is 13.5. The third-order valence-corrected chi connectivity index (χ3v) is 6.17. The van der Waals surface area contributed by atoms with Gasteiger partial charge in [0.25, 0.3) is 0 Å². The molecule has 1 aliphatic carbocycles. The number of ketones is 1. The van der Waals surface area contributed by atoms with Gasteiger partial charge in [-0.25, -0.2) is 4.79 Å². The molecular weight excluding hydrogens is 392 g/mol. The Morgan fingerprint density at radius 1 is 1.13 bits per heavy atom. The predicted molar refractivity (Wildman–Crippen MR) is 119 cm³/mol. The maximum Gasteiger partial charge on any atom is 0.355 e. The van der Waals surface area contributed by atoms with Gasteiger partial charge in [-0.1, -0.05) is 37.3 Å². The Kier molecular flexibility index (Phi) is 6.98. The molecule has 1 fully saturated rings. The minimum Gasteiger partial charge on any atom is -0.461 e. The lowest BCUT2D eigenvalue weighted by Crippen LogP contribution is -2.40. The average Bonchev–Trinajstić information content (AvgIpc) is 3.55. The highest BCUT2D eigenvalue weighted by molar-refractivity contribution is 6.05. The molecule has 1 amide bonds. The Morgan fingerprint density at radius 3 is 2.32 bits per heavy atom. The summed E-state index contributed by atoms with van der Waals surface area (Å²) >= 11 is 0. The van der Waals surface area contributed by atoms with Crippen molar-refractivity contribution in [2.45, 2.75) is 58.9 Å². The second kappa shape index (κ2) is 9.50. The van der Waals surface area contributed by atoms with E-state index in [-0.39, 0.29) is 36.8 Å². The van der Waals surface area contributed by atoms with Gasteiger partial charge in [0.15, 0.2) is 5.78 Å². The molecule has 1 atom stereocenters. The van der Waals surface area contributed by atoms with E-state index in [1.54, 1.807) is 30.4 Å². The molecule has 31 heavy (non-hydrogen) atoms. The van der Waals surface area contributed by atoms with E-state index in [4.69, 9.17) is 4.74 Å². The van der Waals surface area contributed by atoms with E-state index in [0.29, 0.717) is 28.9 Å². The highest BCUT2D eigenvalue weighted by atomic mass is 16.5. The largest absolute Gasteiger partial charge is 0.461 e. The Bertz CT molecular complexity index is 973. The minimum atomic E-state index is -0.435. The molecule has 1 aliphatic rings. The monoisotopic (exact) mass is 424 g/mol. The minimum absolute atomic E-state index is 0.00130. The molecule has 0 spiro atoms. The summed E-state index contributed by atoms with van der Waals surface area (Å²) in [6.45, 7) is 7.65. The van der Waals surface area contributed by atoms with Crippen LogP contribution in [0.15, 0.2) is 30.3 Å². The van der Waals surface area contributed by atoms with E-state index < -0.39 is 5.97 Å². The maximum atomic E-state index is 13.5. The zero-order valence-electron chi connectivity index (χ0n) is 19.1. The van der Waals surface area contributed by atoms with Gasteiger partial charge < -0.3 is 14.2 Å². The summed E-state index contributed by atoms with van der Waals surface area (Å²) < 4.78 is 6.88. The topological polar surface area (TPSA) is 68.6 Å². The number of esters is 1. The molecule has 1 aromatic carbocycles. The standard InChI is InChI=1S/C25H32N2O4/c1-6-20(18-11-9-8-10-12-18)24(29)27(19-13-14-19)15-21(28)22-16(3)23(25(30)31-7-2)26(5)17(22)4/h8-12,19-20H,6-7,13-15H2,1-5H3. The number of aromatic nitrogens is 1. The molecule has 0 aliphatic heterocycles. The first-order chi connectivity index (χ1) is 14.8. The van der Waals surface area contributed by atoms with Crippen molar-refractivity contribution in [3.63, 3.8) is 0 Å². The molecule has 3 rings (SSSR count). The van der Waals surface area contributed by atoms with Gasteiger partial charge in [-0.3, -0.25) is 9.59 Å². The van der Waals surface area contributed by atoms with Gasteiger partial charge in [-0.05, 0) is 51.2 Å². The first-order valence-electron chi connectivity index (χ1n) is 11.0. The normalized spacial score (nSPS) is 14.2. The molecule has 0 radical (unpaired) electrons. The van der Waals surface area contributed by atoms with E-state index in [1.807, 2.05) is 44.2 Å². The lowest BCUT2D eigenvalue weighted by atomic mass is 9.94. The van der Waals surface area contributed by atoms with Gasteiger partial charge in [0.05, 0.1) is 19.1 Å². The molecule has 6 nitrogen and oxygen atoms in total. The van der Waals surface area contributed by atoms with E-state index in [1.165, 1.54) is 0 Å². The zero-order valence-corrected chi connectivity index (χ0v) is 19.1. The number of carbonyl (C=O) groups is 3. The molecule has 2 aromatic rings. The van der Waals surface area contributed by atoms with Crippen molar-refractivity contribution in [3.8, 4) is 0 Å². The van der Waals surface area contributed by atoms with Gasteiger partial charge in [0, 0.05) is 24.3 Å². The van der Waals surface area contributed by atoms with Crippen LogP contribution in [0.25, 0.3) is 0 Å². The molecule has 166 valence electrons. The number of hydrogen-bond donors (Lipinski definition) is 0. The van der Waals surface area contributed by atoms with Crippen LogP contribution < -0.4 is 0 Å². The fourth-order valence-electron chi connectivity index (χ4n) is 4.32. The number of rotatable bonds is 9. The number of carbonyl (C=O) groups excluding carboxylic acids is 3. The van der Waals surface area contributed by atoms with Crippen molar-refractivity contribution < 1.29 is 19.1 Å². The summed E-state index contributed by atoms with van der Waals surface area (Å²) in [6, 6.07) is 9.86. The summed E-state index contributed by atoms with van der Waals surface area (Å²) in [4.78, 5) is 41.0. The number of nitrogens with zero attached hydrogens (tertiary/aromatic N) is 2. The zero-order chi connectivity index (χ0) is 22.7. The smallest absolute Gasteiger partial charge is 0.355 e. The molecule has 1 heterocycles. The van der Waals surface area contributed by atoms with Crippen LogP contribution in [0, 0.1) is 13.8 Å². The molecule has 1 saturated carbocycles. The van der Waals surface area contributed by atoms with E-state index in [0.717, 1.165) is 18.4 Å². The van der Waals surface area contributed by atoms with Crippen molar-refractivity contribution >= 4 is 17.7 Å². The van der Waals surface area contributed by atoms with E-state index in [9.17, 15) is 14.4 Å². The molecule has 0 bridgehead atoms. The van der Waals surface area contributed by atoms with Crippen LogP contribution in [0.4, 0.5) is 0 Å². The summed E-state index contributed by atoms with van der Waals surface area (Å²) in [7, 11) is 1.76. The summed E-state index contributed by atoms with van der Waals surface area (Å²) in [6.07, 6.45) is 2.52. The van der Waals surface area contributed by atoms with Crippen molar-refractivity contribution in [3.05, 3.63) is 58.4 Å². The van der Waals surface area contributed by atoms with Gasteiger partial charge in [0.2, 0.25) is 5.91 Å². The van der Waals surface area contributed by atoms with Crippen molar-refractivity contribution in [1.82, 2.24) is 9.47 Å². The molecular formula is C25H32N2O4. The second-order valence-corrected chi connectivity index (χ2v) is 8.21. The van der Waals surface area contributed by atoms with Gasteiger partial charge in [-0.2, -0.15) is 0 Å². The fourth-order valence-corrected chi connectivity index (χ4v) is 4.32. The lowest BCUT2D eigenvalue weighted by molar-refractivity contribution is -0.133. The van der Waals surface area contributed by atoms with Crippen LogP contribution in [0.2, 0.25) is 0 Å². The number of Topliss-reactive ketones (excluding diaryl/α,β-unsaturated/α-hetero) is 1. The lowest BCUT2D eigenvalue weighted by Gasteiger charge is -2.27. The average molecular weight is 425 g/mol. The number of amides is 1. The van der Waals surface area contributed by atoms with Crippen LogP contribution in [0.3, 0.4) is 0 Å². The molecule has 0 saturated heterocycles. The predicted octanol–water partition coefficient (Wildman–Crippen LogP) is 4.19. The van der Waals surface area contributed by atoms with Crippen LogP contribution in [-0.4, -0.2) is 46.3 Å². The summed E-state index contributed by atoms with van der Waals surface area (Å²) in [5, 5.41) is 0. The number of benzene rings is 1. The van der Waals surface area contributed by atoms with E-state index >= 15 is 0 Å². The van der Waals surface area contributed by atoms with Crippen molar-refractivity contribution in [2.24, 2.45) is 7.05 Å². The Morgan fingerprint density at radius 2 is 1.77 bits per heavy atom. The molecule has 1 unspecified atom stereocenters. The van der Waals surface area contributed by atoms with Gasteiger partial charge in [-0.15, -0.1) is 0 Å². The van der Waals surface area contributed by atoms with Crippen LogP contribution in [0.1, 0.15) is 76.7 Å². The third kappa shape index (κ3) is 4.58. The summed E-state index contributed by atoms with van der Waals surface area (Å²) in [5.74, 6) is -0.830. The first-order valence-corrected chi connectivity index (χ1v) is 11.0. The fraction of sp³-hybridized carbons (Fsp3) is 0.480. The molecule has 0 N–H and O–H groups in total. The van der Waals surface area contributed by atoms with Crippen molar-refractivity contribution in [2.75, 3.05) is 13.2 Å². The second-order valence-electron chi connectivity index (χ2n) is 8.21. The highest BCUT2D eigenvalue weighted by Crippen LogP contribution is 2.32. The number of hydrogen-bond acceptors (Lipinski definition) is 4. The van der Waals surface area contributed by atoms with Crippen LogP contribution >= 0.6 is 0 Å². The van der Waals surface area contributed by atoms with Crippen molar-refractivity contribution in [1.29, 1.82) is 0 Å². The Hall–Kier alpha value is -2.89.